The van der Waals surface area contributed by atoms with Crippen molar-refractivity contribution in [3.8, 4) is 0 Å². The van der Waals surface area contributed by atoms with Crippen LogP contribution in [-0.4, -0.2) is 87.2 Å². The van der Waals surface area contributed by atoms with Gasteiger partial charge in [-0.15, -0.1) is 0 Å². The van der Waals surface area contributed by atoms with Crippen LogP contribution in [0.2, 0.25) is 0 Å². The summed E-state index contributed by atoms with van der Waals surface area (Å²) < 4.78 is 0. The van der Waals surface area contributed by atoms with Gasteiger partial charge in [0, 0.05) is 45.3 Å². The number of piperazine rings is 1. The predicted octanol–water partition coefficient (Wildman–Crippen LogP) is 0.308. The van der Waals surface area contributed by atoms with Crippen LogP contribution >= 0.6 is 0 Å². The Balaban J connectivity index is 1.65. The molecule has 18 heavy (non-hydrogen) atoms. The van der Waals surface area contributed by atoms with Gasteiger partial charge >= 0.3 is 0 Å². The number of nitrogens with one attached hydrogen (secondary N) is 1. The zero-order valence-electron chi connectivity index (χ0n) is 12.2. The van der Waals surface area contributed by atoms with Gasteiger partial charge in [-0.2, -0.15) is 0 Å². The molecule has 2 heterocycles. The highest BCUT2D eigenvalue weighted by atomic mass is 15.3. The normalized spacial score (nSPS) is 28.5. The minimum atomic E-state index is 0.799. The quantitative estimate of drug-likeness (QED) is 0.779. The van der Waals surface area contributed by atoms with Crippen molar-refractivity contribution in [3.05, 3.63) is 0 Å². The van der Waals surface area contributed by atoms with Crippen molar-refractivity contribution in [2.24, 2.45) is 0 Å². The molecule has 0 aromatic carbocycles. The number of likely N-dealkylation sites (N-methyl/N-ethyl adjacent to an activating group) is 2. The van der Waals surface area contributed by atoms with E-state index in [4.69, 9.17) is 0 Å². The third kappa shape index (κ3) is 4.50. The van der Waals surface area contributed by atoms with Crippen molar-refractivity contribution in [3.63, 3.8) is 0 Å². The molecule has 2 saturated heterocycles. The maximum Gasteiger partial charge on any atom is 0.0110 e. The predicted molar refractivity (Wildman–Crippen MR) is 77.1 cm³/mol. The van der Waals surface area contributed by atoms with Crippen LogP contribution in [0.3, 0.4) is 0 Å². The van der Waals surface area contributed by atoms with E-state index in [1.54, 1.807) is 0 Å². The van der Waals surface area contributed by atoms with E-state index in [9.17, 15) is 0 Å². The van der Waals surface area contributed by atoms with Gasteiger partial charge in [0.2, 0.25) is 0 Å². The van der Waals surface area contributed by atoms with Crippen molar-refractivity contribution < 1.29 is 0 Å². The van der Waals surface area contributed by atoms with Crippen LogP contribution in [0.4, 0.5) is 0 Å². The first-order chi connectivity index (χ1) is 8.75. The summed E-state index contributed by atoms with van der Waals surface area (Å²) in [5, 5.41) is 3.50. The Labute approximate surface area is 112 Å². The molecule has 1 atom stereocenters. The zero-order valence-corrected chi connectivity index (χ0v) is 12.2. The molecule has 0 spiro atoms. The molecule has 0 radical (unpaired) electrons. The topological polar surface area (TPSA) is 21.8 Å². The average Bonchev–Trinajstić information content (AvgIpc) is 2.66. The molecule has 2 aliphatic rings. The Kier molecular flexibility index (Phi) is 5.89. The van der Waals surface area contributed by atoms with Crippen LogP contribution < -0.4 is 5.32 Å². The lowest BCUT2D eigenvalue weighted by atomic mass is 10.1. The van der Waals surface area contributed by atoms with E-state index < -0.39 is 0 Å². The molecule has 106 valence electrons. The molecule has 0 aromatic heterocycles. The van der Waals surface area contributed by atoms with Crippen LogP contribution in [0.5, 0.6) is 0 Å². The van der Waals surface area contributed by atoms with E-state index in [0.29, 0.717) is 0 Å². The van der Waals surface area contributed by atoms with E-state index >= 15 is 0 Å². The molecule has 0 amide bonds. The summed E-state index contributed by atoms with van der Waals surface area (Å²) >= 11 is 0. The van der Waals surface area contributed by atoms with Crippen LogP contribution in [0.15, 0.2) is 0 Å². The number of nitrogens with zero attached hydrogens (tertiary/aromatic N) is 3. The van der Waals surface area contributed by atoms with Crippen LogP contribution in [0, 0.1) is 0 Å². The van der Waals surface area contributed by atoms with Gasteiger partial charge < -0.3 is 15.1 Å². The summed E-state index contributed by atoms with van der Waals surface area (Å²) in [5.41, 5.74) is 0. The second-order valence-electron chi connectivity index (χ2n) is 5.96. The second-order valence-corrected chi connectivity index (χ2v) is 5.96. The monoisotopic (exact) mass is 254 g/mol. The summed E-state index contributed by atoms with van der Waals surface area (Å²) in [6.07, 6.45) is 4.02. The Morgan fingerprint density at radius 2 is 1.89 bits per heavy atom. The van der Waals surface area contributed by atoms with E-state index in [0.717, 1.165) is 6.04 Å². The molecule has 1 N–H and O–H groups in total. The molecular formula is C14H30N4. The van der Waals surface area contributed by atoms with Crippen LogP contribution in [0.1, 0.15) is 19.3 Å². The first-order valence-corrected chi connectivity index (χ1v) is 7.57. The van der Waals surface area contributed by atoms with Gasteiger partial charge in [0.25, 0.3) is 0 Å². The van der Waals surface area contributed by atoms with Crippen molar-refractivity contribution >= 4 is 0 Å². The first-order valence-electron chi connectivity index (χ1n) is 7.57. The van der Waals surface area contributed by atoms with Crippen LogP contribution in [0.25, 0.3) is 0 Å². The van der Waals surface area contributed by atoms with Gasteiger partial charge in [0.15, 0.2) is 0 Å². The Hall–Kier alpha value is -0.160. The Morgan fingerprint density at radius 1 is 1.11 bits per heavy atom. The highest BCUT2D eigenvalue weighted by Crippen LogP contribution is 2.11. The van der Waals surface area contributed by atoms with E-state index in [2.05, 4.69) is 34.1 Å². The molecule has 4 heteroatoms. The first kappa shape index (κ1) is 14.3. The fourth-order valence-electron chi connectivity index (χ4n) is 2.99. The summed E-state index contributed by atoms with van der Waals surface area (Å²) in [6, 6.07) is 0.799. The Bertz CT molecular complexity index is 218. The molecular weight excluding hydrogens is 224 g/mol. The SMILES string of the molecule is CN1CCN(CCN(C)C2CCCNCC2)CC1. The molecule has 0 aromatic rings. The number of hydrogen-bond donors (Lipinski definition) is 1. The maximum atomic E-state index is 3.50. The van der Waals surface area contributed by atoms with Crippen molar-refractivity contribution in [2.75, 3.05) is 66.5 Å². The molecule has 4 nitrogen and oxygen atoms in total. The van der Waals surface area contributed by atoms with Gasteiger partial charge in [-0.25, -0.2) is 0 Å². The number of rotatable bonds is 4. The minimum Gasteiger partial charge on any atom is -0.317 e. The second kappa shape index (κ2) is 7.43. The highest BCUT2D eigenvalue weighted by molar-refractivity contribution is 4.76. The van der Waals surface area contributed by atoms with Gasteiger partial charge in [0.1, 0.15) is 0 Å². The lowest BCUT2D eigenvalue weighted by Crippen LogP contribution is -2.47. The maximum absolute atomic E-state index is 3.50. The molecule has 0 bridgehead atoms. The third-order valence-electron chi connectivity index (χ3n) is 4.53. The molecule has 2 fully saturated rings. The van der Waals surface area contributed by atoms with Gasteiger partial charge in [-0.1, -0.05) is 0 Å². The lowest BCUT2D eigenvalue weighted by molar-refractivity contribution is 0.128. The van der Waals surface area contributed by atoms with Crippen molar-refractivity contribution in [1.29, 1.82) is 0 Å². The lowest BCUT2D eigenvalue weighted by Gasteiger charge is -2.34. The smallest absolute Gasteiger partial charge is 0.0110 e. The number of hydrogen-bond acceptors (Lipinski definition) is 4. The van der Waals surface area contributed by atoms with Gasteiger partial charge in [-0.3, -0.25) is 4.90 Å². The fourth-order valence-corrected chi connectivity index (χ4v) is 2.99. The highest BCUT2D eigenvalue weighted by Gasteiger charge is 2.18. The molecule has 0 saturated carbocycles. The zero-order chi connectivity index (χ0) is 12.8. The van der Waals surface area contributed by atoms with E-state index in [1.165, 1.54) is 71.6 Å². The van der Waals surface area contributed by atoms with Gasteiger partial charge in [-0.05, 0) is 46.4 Å². The van der Waals surface area contributed by atoms with Gasteiger partial charge in [0.05, 0.1) is 0 Å². The molecule has 1 unspecified atom stereocenters. The average molecular weight is 254 g/mol. The van der Waals surface area contributed by atoms with Crippen molar-refractivity contribution in [1.82, 2.24) is 20.0 Å². The molecule has 2 aliphatic heterocycles. The molecule has 0 aliphatic carbocycles. The Morgan fingerprint density at radius 3 is 2.67 bits per heavy atom. The van der Waals surface area contributed by atoms with E-state index in [-0.39, 0.29) is 0 Å². The van der Waals surface area contributed by atoms with Crippen LogP contribution in [-0.2, 0) is 0 Å². The summed E-state index contributed by atoms with van der Waals surface area (Å²) in [4.78, 5) is 7.63. The fraction of sp³-hybridized carbons (Fsp3) is 1.00. The third-order valence-corrected chi connectivity index (χ3v) is 4.53. The largest absolute Gasteiger partial charge is 0.317 e. The van der Waals surface area contributed by atoms with Crippen molar-refractivity contribution in [2.45, 2.75) is 25.3 Å². The molecule has 2 rings (SSSR count). The summed E-state index contributed by atoms with van der Waals surface area (Å²) in [7, 11) is 4.54. The minimum absolute atomic E-state index is 0.799. The standard InChI is InChI=1S/C14H30N4/c1-16-8-11-18(12-9-16)13-10-17(2)14-4-3-6-15-7-5-14/h14-15H,3-13H2,1-2H3. The van der Waals surface area contributed by atoms with E-state index in [1.807, 2.05) is 0 Å². The summed E-state index contributed by atoms with van der Waals surface area (Å²) in [5.74, 6) is 0. The summed E-state index contributed by atoms with van der Waals surface area (Å²) in [6.45, 7) is 9.84.